The molecular formula is C30H39N7O5S. The van der Waals surface area contributed by atoms with Gasteiger partial charge in [0.1, 0.15) is 11.8 Å². The minimum Gasteiger partial charge on any atom is -0.395 e. The monoisotopic (exact) mass is 609 g/mol. The normalized spacial score (nSPS) is 11.6. The molecule has 0 spiro atoms. The summed E-state index contributed by atoms with van der Waals surface area (Å²) in [6, 6.07) is 17.7. The van der Waals surface area contributed by atoms with Crippen LogP contribution in [-0.4, -0.2) is 86.9 Å². The second kappa shape index (κ2) is 17.3. The molecule has 0 atom stereocenters. The summed E-state index contributed by atoms with van der Waals surface area (Å²) in [5.41, 5.74) is 2.40. The third-order valence-electron chi connectivity index (χ3n) is 6.43. The maximum Gasteiger partial charge on any atom is 0.179 e. The number of sulfone groups is 1. The van der Waals surface area contributed by atoms with Crippen molar-refractivity contribution in [2.45, 2.75) is 25.2 Å². The predicted molar refractivity (Wildman–Crippen MR) is 166 cm³/mol. The molecular weight excluding hydrogens is 570 g/mol. The first-order valence-electron chi connectivity index (χ1n) is 14.1. The minimum atomic E-state index is -3.53. The standard InChI is InChI=1S/C30H39N7O5S/c1-3-14-37(15-17-38)16-21-43(40,41)26-11-9-25(10-12-26)35-36-28-23(2)27(22-31)29(33-24-7-5-4-6-8-24)34-30(28)32-13-19-42-20-18-39/h4-12,38-39H,3,13-21H2,1-2H3,(H2,32,33,34)/b36-35+. The number of nitriles is 1. The number of ether oxygens (including phenoxy) is 1. The van der Waals surface area contributed by atoms with Crippen LogP contribution >= 0.6 is 0 Å². The Hall–Kier alpha value is -3.93. The highest BCUT2D eigenvalue weighted by Crippen LogP contribution is 2.35. The number of rotatable bonds is 18. The van der Waals surface area contributed by atoms with E-state index in [2.05, 4.69) is 31.9 Å². The number of anilines is 3. The van der Waals surface area contributed by atoms with Gasteiger partial charge >= 0.3 is 0 Å². The molecule has 0 unspecified atom stereocenters. The predicted octanol–water partition coefficient (Wildman–Crippen LogP) is 4.32. The largest absolute Gasteiger partial charge is 0.395 e. The summed E-state index contributed by atoms with van der Waals surface area (Å²) in [5, 5.41) is 43.2. The fourth-order valence-corrected chi connectivity index (χ4v) is 5.51. The first kappa shape index (κ1) is 33.6. The molecule has 1 aromatic heterocycles. The Labute approximate surface area is 253 Å². The van der Waals surface area contributed by atoms with Gasteiger partial charge in [-0.05, 0) is 56.3 Å². The highest BCUT2D eigenvalue weighted by Gasteiger charge is 2.19. The Balaban J connectivity index is 1.85. The smallest absolute Gasteiger partial charge is 0.179 e. The second-order valence-corrected chi connectivity index (χ2v) is 11.7. The second-order valence-electron chi connectivity index (χ2n) is 9.60. The van der Waals surface area contributed by atoms with Crippen molar-refractivity contribution in [1.82, 2.24) is 9.88 Å². The zero-order valence-electron chi connectivity index (χ0n) is 24.5. The van der Waals surface area contributed by atoms with Crippen LogP contribution in [0.5, 0.6) is 0 Å². The minimum absolute atomic E-state index is 0.0222. The van der Waals surface area contributed by atoms with Crippen molar-refractivity contribution >= 4 is 38.5 Å². The number of aliphatic hydroxyl groups is 2. The molecule has 2 aromatic carbocycles. The van der Waals surface area contributed by atoms with Crippen LogP contribution in [0.15, 0.2) is 69.7 Å². The van der Waals surface area contributed by atoms with E-state index in [-0.39, 0.29) is 30.5 Å². The fraction of sp³-hybridized carbons (Fsp3) is 0.400. The molecule has 0 aliphatic heterocycles. The Morgan fingerprint density at radius 1 is 0.977 bits per heavy atom. The topological polar surface area (TPSA) is 173 Å². The Bertz CT molecular complexity index is 1470. The van der Waals surface area contributed by atoms with Crippen LogP contribution in [0.2, 0.25) is 0 Å². The van der Waals surface area contributed by atoms with E-state index < -0.39 is 9.84 Å². The van der Waals surface area contributed by atoms with E-state index in [0.29, 0.717) is 66.9 Å². The van der Waals surface area contributed by atoms with Gasteiger partial charge in [0.25, 0.3) is 0 Å². The molecule has 1 heterocycles. The molecule has 0 aliphatic rings. The Kier molecular flexibility index (Phi) is 13.5. The van der Waals surface area contributed by atoms with Crippen molar-refractivity contribution in [2.24, 2.45) is 10.2 Å². The van der Waals surface area contributed by atoms with Gasteiger partial charge in [0.15, 0.2) is 21.5 Å². The highest BCUT2D eigenvalue weighted by atomic mass is 32.2. The average molecular weight is 610 g/mol. The molecule has 0 fully saturated rings. The molecule has 3 aromatic rings. The summed E-state index contributed by atoms with van der Waals surface area (Å²) in [5.74, 6) is 0.677. The molecule has 0 radical (unpaired) electrons. The van der Waals surface area contributed by atoms with Gasteiger partial charge in [0.2, 0.25) is 0 Å². The van der Waals surface area contributed by atoms with Crippen LogP contribution in [0.25, 0.3) is 0 Å². The van der Waals surface area contributed by atoms with E-state index in [0.717, 1.165) is 12.1 Å². The molecule has 3 rings (SSSR count). The quantitative estimate of drug-likeness (QED) is 0.120. The van der Waals surface area contributed by atoms with Crippen molar-refractivity contribution in [3.8, 4) is 6.07 Å². The van der Waals surface area contributed by atoms with E-state index in [1.54, 1.807) is 19.1 Å². The lowest BCUT2D eigenvalue weighted by Gasteiger charge is -2.20. The van der Waals surface area contributed by atoms with Crippen LogP contribution < -0.4 is 10.6 Å². The summed E-state index contributed by atoms with van der Waals surface area (Å²) in [4.78, 5) is 6.74. The number of hydrogen-bond acceptors (Lipinski definition) is 12. The molecule has 43 heavy (non-hydrogen) atoms. The lowest BCUT2D eigenvalue weighted by molar-refractivity contribution is 0.0992. The Morgan fingerprint density at radius 2 is 1.72 bits per heavy atom. The van der Waals surface area contributed by atoms with Gasteiger partial charge in [0.05, 0.1) is 48.3 Å². The SMILES string of the molecule is CCCN(CCO)CCS(=O)(=O)c1ccc(/N=N/c2c(NCCOCCO)nc(Nc3ccccc3)c(C#N)c2C)cc1. The summed E-state index contributed by atoms with van der Waals surface area (Å²) in [6.45, 7) is 6.03. The maximum absolute atomic E-state index is 12.9. The summed E-state index contributed by atoms with van der Waals surface area (Å²) in [6.07, 6.45) is 0.867. The number of hydrogen-bond donors (Lipinski definition) is 4. The van der Waals surface area contributed by atoms with Gasteiger partial charge in [-0.3, -0.25) is 0 Å². The number of azo groups is 1. The van der Waals surface area contributed by atoms with Gasteiger partial charge in [-0.1, -0.05) is 25.1 Å². The molecule has 4 N–H and O–H groups in total. The highest BCUT2D eigenvalue weighted by molar-refractivity contribution is 7.91. The number of pyridine rings is 1. The fourth-order valence-electron chi connectivity index (χ4n) is 4.22. The van der Waals surface area contributed by atoms with Crippen molar-refractivity contribution in [3.05, 3.63) is 65.7 Å². The zero-order chi connectivity index (χ0) is 31.1. The van der Waals surface area contributed by atoms with Crippen LogP contribution in [0, 0.1) is 18.3 Å². The Morgan fingerprint density at radius 3 is 2.37 bits per heavy atom. The molecule has 230 valence electrons. The van der Waals surface area contributed by atoms with Crippen molar-refractivity contribution in [2.75, 3.05) is 69.0 Å². The number of para-hydroxylation sites is 1. The lowest BCUT2D eigenvalue weighted by atomic mass is 10.1. The van der Waals surface area contributed by atoms with Crippen LogP contribution in [0.4, 0.5) is 28.7 Å². The van der Waals surface area contributed by atoms with Crippen LogP contribution in [0.1, 0.15) is 24.5 Å². The van der Waals surface area contributed by atoms with Gasteiger partial charge < -0.3 is 30.5 Å². The zero-order valence-corrected chi connectivity index (χ0v) is 25.3. The lowest BCUT2D eigenvalue weighted by Crippen LogP contribution is -2.32. The van der Waals surface area contributed by atoms with Gasteiger partial charge in [-0.15, -0.1) is 5.11 Å². The van der Waals surface area contributed by atoms with Gasteiger partial charge in [-0.2, -0.15) is 10.4 Å². The summed E-state index contributed by atoms with van der Waals surface area (Å²) >= 11 is 0. The third kappa shape index (κ3) is 10.1. The molecule has 13 heteroatoms. The van der Waals surface area contributed by atoms with Crippen molar-refractivity contribution in [3.63, 3.8) is 0 Å². The molecule has 12 nitrogen and oxygen atoms in total. The summed E-state index contributed by atoms with van der Waals surface area (Å²) < 4.78 is 31.2. The van der Waals surface area contributed by atoms with E-state index in [4.69, 9.17) is 9.84 Å². The molecule has 0 amide bonds. The first-order chi connectivity index (χ1) is 20.8. The molecule has 0 saturated heterocycles. The van der Waals surface area contributed by atoms with E-state index in [1.165, 1.54) is 12.1 Å². The molecule has 0 aliphatic carbocycles. The summed E-state index contributed by atoms with van der Waals surface area (Å²) in [7, 11) is -3.53. The average Bonchev–Trinajstić information content (AvgIpc) is 3.00. The van der Waals surface area contributed by atoms with Gasteiger partial charge in [-0.25, -0.2) is 13.4 Å². The third-order valence-corrected chi connectivity index (χ3v) is 8.14. The van der Waals surface area contributed by atoms with E-state index >= 15 is 0 Å². The van der Waals surface area contributed by atoms with E-state index in [1.807, 2.05) is 42.2 Å². The number of benzene rings is 2. The number of aliphatic hydroxyl groups excluding tert-OH is 2. The number of nitrogens with zero attached hydrogens (tertiary/aromatic N) is 5. The molecule has 0 bridgehead atoms. The first-order valence-corrected chi connectivity index (χ1v) is 15.7. The molecule has 0 saturated carbocycles. The van der Waals surface area contributed by atoms with Gasteiger partial charge in [0, 0.05) is 30.9 Å². The van der Waals surface area contributed by atoms with Crippen LogP contribution in [-0.2, 0) is 14.6 Å². The maximum atomic E-state index is 12.9. The van der Waals surface area contributed by atoms with Crippen molar-refractivity contribution in [1.29, 1.82) is 5.26 Å². The number of nitrogens with one attached hydrogen (secondary N) is 2. The van der Waals surface area contributed by atoms with Crippen molar-refractivity contribution < 1.29 is 23.4 Å². The van der Waals surface area contributed by atoms with Crippen LogP contribution in [0.3, 0.4) is 0 Å². The van der Waals surface area contributed by atoms with E-state index in [9.17, 15) is 18.8 Å². The number of aromatic nitrogens is 1.